The molecule has 0 atom stereocenters. The van der Waals surface area contributed by atoms with E-state index in [1.807, 2.05) is 18.3 Å². The van der Waals surface area contributed by atoms with Crippen LogP contribution in [-0.4, -0.2) is 25.5 Å². The molecule has 0 bridgehead atoms. The second-order valence-corrected chi connectivity index (χ2v) is 5.31. The Morgan fingerprint density at radius 3 is 2.94 bits per heavy atom. The molecule has 0 aliphatic heterocycles. The molecule has 1 aliphatic carbocycles. The molecule has 4 nitrogen and oxygen atoms in total. The van der Waals surface area contributed by atoms with Gasteiger partial charge in [0.2, 0.25) is 0 Å². The molecule has 2 aromatic rings. The topological polar surface area (TPSA) is 43.6 Å². The molecule has 5 heteroatoms. The van der Waals surface area contributed by atoms with Crippen molar-refractivity contribution < 1.29 is 0 Å². The molecular formula is C12H14N4S. The van der Waals surface area contributed by atoms with Gasteiger partial charge in [-0.05, 0) is 30.7 Å². The summed E-state index contributed by atoms with van der Waals surface area (Å²) >= 11 is 1.75. The first-order valence-electron chi connectivity index (χ1n) is 5.88. The van der Waals surface area contributed by atoms with Gasteiger partial charge in [-0.2, -0.15) is 0 Å². The van der Waals surface area contributed by atoms with Gasteiger partial charge in [-0.3, -0.25) is 9.55 Å². The molecule has 0 N–H and O–H groups in total. The Labute approximate surface area is 104 Å². The van der Waals surface area contributed by atoms with Crippen molar-refractivity contribution in [3.05, 3.63) is 24.5 Å². The highest BCUT2D eigenvalue weighted by molar-refractivity contribution is 7.99. The highest BCUT2D eigenvalue weighted by atomic mass is 32.2. The van der Waals surface area contributed by atoms with Crippen molar-refractivity contribution in [2.24, 2.45) is 0 Å². The van der Waals surface area contributed by atoms with E-state index >= 15 is 0 Å². The van der Waals surface area contributed by atoms with Crippen LogP contribution in [0.25, 0.3) is 11.4 Å². The van der Waals surface area contributed by atoms with E-state index < -0.39 is 0 Å². The summed E-state index contributed by atoms with van der Waals surface area (Å²) in [4.78, 5) is 4.15. The molecule has 2 heterocycles. The van der Waals surface area contributed by atoms with E-state index in [0.717, 1.165) is 22.3 Å². The lowest BCUT2D eigenvalue weighted by atomic mass is 10.3. The SMILES string of the molecule is CCSc1nnc(-c2cccnc2)n1C1CC1. The Morgan fingerprint density at radius 2 is 2.29 bits per heavy atom. The van der Waals surface area contributed by atoms with Crippen LogP contribution in [0.2, 0.25) is 0 Å². The number of pyridine rings is 1. The lowest BCUT2D eigenvalue weighted by Crippen LogP contribution is -1.99. The molecule has 3 rings (SSSR count). The van der Waals surface area contributed by atoms with Gasteiger partial charge in [0.25, 0.3) is 0 Å². The van der Waals surface area contributed by atoms with E-state index in [0.29, 0.717) is 6.04 Å². The monoisotopic (exact) mass is 246 g/mol. The van der Waals surface area contributed by atoms with Crippen molar-refractivity contribution in [1.29, 1.82) is 0 Å². The van der Waals surface area contributed by atoms with Crippen LogP contribution < -0.4 is 0 Å². The predicted octanol–water partition coefficient (Wildman–Crippen LogP) is 2.79. The maximum absolute atomic E-state index is 4.32. The van der Waals surface area contributed by atoms with Crippen molar-refractivity contribution in [3.8, 4) is 11.4 Å². The Bertz CT molecular complexity index is 504. The van der Waals surface area contributed by atoms with Gasteiger partial charge in [0.05, 0.1) is 0 Å². The van der Waals surface area contributed by atoms with Gasteiger partial charge in [-0.25, -0.2) is 0 Å². The van der Waals surface area contributed by atoms with Crippen LogP contribution in [-0.2, 0) is 0 Å². The van der Waals surface area contributed by atoms with E-state index in [1.54, 1.807) is 18.0 Å². The Hall–Kier alpha value is -1.36. The zero-order valence-corrected chi connectivity index (χ0v) is 10.5. The standard InChI is InChI=1S/C12H14N4S/c1-2-17-12-15-14-11(16(12)10-5-6-10)9-4-3-7-13-8-9/h3-4,7-8,10H,2,5-6H2,1H3. The van der Waals surface area contributed by atoms with E-state index in [4.69, 9.17) is 0 Å². The molecule has 0 spiro atoms. The van der Waals surface area contributed by atoms with Crippen LogP contribution in [0.5, 0.6) is 0 Å². The summed E-state index contributed by atoms with van der Waals surface area (Å²) in [5, 5.41) is 9.65. The van der Waals surface area contributed by atoms with Gasteiger partial charge in [0, 0.05) is 24.0 Å². The molecule has 1 saturated carbocycles. The van der Waals surface area contributed by atoms with Crippen molar-refractivity contribution in [2.45, 2.75) is 31.0 Å². The van der Waals surface area contributed by atoms with Gasteiger partial charge < -0.3 is 0 Å². The third kappa shape index (κ3) is 2.07. The average Bonchev–Trinajstić information content (AvgIpc) is 3.12. The Kier molecular flexibility index (Phi) is 2.84. The minimum absolute atomic E-state index is 0.592. The molecule has 0 unspecified atom stereocenters. The molecule has 2 aromatic heterocycles. The molecule has 88 valence electrons. The lowest BCUT2D eigenvalue weighted by molar-refractivity contribution is 0.669. The summed E-state index contributed by atoms with van der Waals surface area (Å²) in [7, 11) is 0. The maximum atomic E-state index is 4.32. The van der Waals surface area contributed by atoms with Crippen molar-refractivity contribution in [1.82, 2.24) is 19.7 Å². The third-order valence-electron chi connectivity index (χ3n) is 2.77. The highest BCUT2D eigenvalue weighted by Crippen LogP contribution is 2.40. The second kappa shape index (κ2) is 4.49. The molecular weight excluding hydrogens is 232 g/mol. The summed E-state index contributed by atoms with van der Waals surface area (Å²) in [5.41, 5.74) is 1.05. The number of hydrogen-bond donors (Lipinski definition) is 0. The number of rotatable bonds is 4. The van der Waals surface area contributed by atoms with Crippen molar-refractivity contribution in [3.63, 3.8) is 0 Å². The van der Waals surface area contributed by atoms with E-state index in [2.05, 4.69) is 26.7 Å². The molecule has 0 aromatic carbocycles. The first-order chi connectivity index (χ1) is 8.40. The third-order valence-corrected chi connectivity index (χ3v) is 3.59. The van der Waals surface area contributed by atoms with Gasteiger partial charge in [-0.1, -0.05) is 18.7 Å². The van der Waals surface area contributed by atoms with E-state index in [1.165, 1.54) is 12.8 Å². The fourth-order valence-corrected chi connectivity index (χ4v) is 2.59. The van der Waals surface area contributed by atoms with Crippen molar-refractivity contribution >= 4 is 11.8 Å². The molecule has 17 heavy (non-hydrogen) atoms. The van der Waals surface area contributed by atoms with Gasteiger partial charge in [-0.15, -0.1) is 10.2 Å². The maximum Gasteiger partial charge on any atom is 0.191 e. The minimum atomic E-state index is 0.592. The van der Waals surface area contributed by atoms with Crippen LogP contribution in [0, 0.1) is 0 Å². The van der Waals surface area contributed by atoms with E-state index in [9.17, 15) is 0 Å². The highest BCUT2D eigenvalue weighted by Gasteiger charge is 2.29. The fraction of sp³-hybridized carbons (Fsp3) is 0.417. The number of aromatic nitrogens is 4. The van der Waals surface area contributed by atoms with Crippen LogP contribution in [0.1, 0.15) is 25.8 Å². The van der Waals surface area contributed by atoms with Gasteiger partial charge >= 0.3 is 0 Å². The zero-order chi connectivity index (χ0) is 11.7. The molecule has 0 saturated heterocycles. The van der Waals surface area contributed by atoms with Crippen molar-refractivity contribution in [2.75, 3.05) is 5.75 Å². The van der Waals surface area contributed by atoms with Crippen LogP contribution in [0.15, 0.2) is 29.7 Å². The summed E-state index contributed by atoms with van der Waals surface area (Å²) < 4.78 is 2.27. The molecule has 0 radical (unpaired) electrons. The fourth-order valence-electron chi connectivity index (χ4n) is 1.86. The van der Waals surface area contributed by atoms with Gasteiger partial charge in [0.1, 0.15) is 0 Å². The van der Waals surface area contributed by atoms with E-state index in [-0.39, 0.29) is 0 Å². The number of thioether (sulfide) groups is 1. The predicted molar refractivity (Wildman–Crippen MR) is 67.9 cm³/mol. The molecule has 1 fully saturated rings. The first-order valence-corrected chi connectivity index (χ1v) is 6.87. The number of hydrogen-bond acceptors (Lipinski definition) is 4. The first kappa shape index (κ1) is 10.8. The van der Waals surface area contributed by atoms with Gasteiger partial charge in [0.15, 0.2) is 11.0 Å². The van der Waals surface area contributed by atoms with Crippen LogP contribution in [0.4, 0.5) is 0 Å². The normalized spacial score (nSPS) is 15.1. The Balaban J connectivity index is 2.04. The average molecular weight is 246 g/mol. The second-order valence-electron chi connectivity index (χ2n) is 4.08. The summed E-state index contributed by atoms with van der Waals surface area (Å²) in [6.45, 7) is 2.14. The lowest BCUT2D eigenvalue weighted by Gasteiger charge is -2.07. The smallest absolute Gasteiger partial charge is 0.191 e. The van der Waals surface area contributed by atoms with Crippen LogP contribution >= 0.6 is 11.8 Å². The molecule has 1 aliphatic rings. The number of nitrogens with zero attached hydrogens (tertiary/aromatic N) is 4. The minimum Gasteiger partial charge on any atom is -0.299 e. The summed E-state index contributed by atoms with van der Waals surface area (Å²) in [6, 6.07) is 4.57. The quantitative estimate of drug-likeness (QED) is 0.778. The zero-order valence-electron chi connectivity index (χ0n) is 9.71. The Morgan fingerprint density at radius 1 is 1.41 bits per heavy atom. The summed E-state index contributed by atoms with van der Waals surface area (Å²) in [6.07, 6.45) is 6.11. The largest absolute Gasteiger partial charge is 0.299 e. The molecule has 0 amide bonds. The van der Waals surface area contributed by atoms with Crippen LogP contribution in [0.3, 0.4) is 0 Å². The summed E-state index contributed by atoms with van der Waals surface area (Å²) in [5.74, 6) is 1.98.